The molecule has 130 valence electrons. The Morgan fingerprint density at radius 3 is 2.62 bits per heavy atom. The summed E-state index contributed by atoms with van der Waals surface area (Å²) < 4.78 is 10.7. The van der Waals surface area contributed by atoms with E-state index in [9.17, 15) is 0 Å². The third-order valence-corrected chi connectivity index (χ3v) is 5.15. The molecule has 24 heavy (non-hydrogen) atoms. The van der Waals surface area contributed by atoms with Crippen molar-refractivity contribution in [2.24, 2.45) is 0 Å². The van der Waals surface area contributed by atoms with E-state index in [1.54, 1.807) is 25.6 Å². The number of methoxy groups -OCH3 is 2. The van der Waals surface area contributed by atoms with Gasteiger partial charge < -0.3 is 14.8 Å². The number of benzene rings is 1. The minimum atomic E-state index is 0.527. The molecule has 1 saturated heterocycles. The van der Waals surface area contributed by atoms with E-state index in [0.717, 1.165) is 48.4 Å². The average Bonchev–Trinajstić information content (AvgIpc) is 3.21. The summed E-state index contributed by atoms with van der Waals surface area (Å²) in [6, 6.07) is 6.61. The van der Waals surface area contributed by atoms with Crippen LogP contribution in [0.15, 0.2) is 23.6 Å². The Morgan fingerprint density at radius 2 is 2.00 bits per heavy atom. The van der Waals surface area contributed by atoms with Crippen molar-refractivity contribution in [1.82, 2.24) is 15.2 Å². The lowest BCUT2D eigenvalue weighted by Gasteiger charge is -2.17. The van der Waals surface area contributed by atoms with E-state index in [0.29, 0.717) is 6.04 Å². The molecule has 2 aromatic rings. The molecule has 0 amide bonds. The molecule has 0 aliphatic carbocycles. The largest absolute Gasteiger partial charge is 0.497 e. The molecule has 0 radical (unpaired) electrons. The van der Waals surface area contributed by atoms with Crippen LogP contribution in [0.4, 0.5) is 0 Å². The van der Waals surface area contributed by atoms with Gasteiger partial charge in [0.05, 0.1) is 24.9 Å². The summed E-state index contributed by atoms with van der Waals surface area (Å²) in [6.07, 6.45) is 1.17. The van der Waals surface area contributed by atoms with Gasteiger partial charge in [0, 0.05) is 43.7 Å². The van der Waals surface area contributed by atoms with E-state index >= 15 is 0 Å². The topological polar surface area (TPSA) is 46.6 Å². The highest BCUT2D eigenvalue weighted by Crippen LogP contribution is 2.24. The van der Waals surface area contributed by atoms with Gasteiger partial charge in [-0.25, -0.2) is 4.98 Å². The summed E-state index contributed by atoms with van der Waals surface area (Å²) in [5, 5.41) is 6.89. The zero-order valence-electron chi connectivity index (χ0n) is 14.5. The number of ether oxygens (including phenoxy) is 2. The van der Waals surface area contributed by atoms with E-state index in [2.05, 4.69) is 32.7 Å². The van der Waals surface area contributed by atoms with Crippen LogP contribution in [0.1, 0.15) is 22.7 Å². The number of thiazole rings is 1. The van der Waals surface area contributed by atoms with Gasteiger partial charge >= 0.3 is 0 Å². The monoisotopic (exact) mass is 347 g/mol. The Morgan fingerprint density at radius 1 is 1.25 bits per heavy atom. The van der Waals surface area contributed by atoms with Crippen molar-refractivity contribution in [2.45, 2.75) is 32.5 Å². The highest BCUT2D eigenvalue weighted by molar-refractivity contribution is 7.09. The lowest BCUT2D eigenvalue weighted by molar-refractivity contribution is 0.317. The maximum Gasteiger partial charge on any atom is 0.122 e. The van der Waals surface area contributed by atoms with Crippen LogP contribution >= 0.6 is 11.3 Å². The van der Waals surface area contributed by atoms with E-state index < -0.39 is 0 Å². The van der Waals surface area contributed by atoms with Gasteiger partial charge in [-0.2, -0.15) is 0 Å². The summed E-state index contributed by atoms with van der Waals surface area (Å²) >= 11 is 1.71. The van der Waals surface area contributed by atoms with Gasteiger partial charge in [-0.1, -0.05) is 0 Å². The van der Waals surface area contributed by atoms with Crippen LogP contribution in [0, 0.1) is 6.92 Å². The SMILES string of the molecule is COc1cc(CN2CC[C@@H](NCc3csc(C)n3)C2)cc(OC)c1. The molecule has 0 bridgehead atoms. The number of rotatable bonds is 7. The highest BCUT2D eigenvalue weighted by atomic mass is 32.1. The normalized spacial score (nSPS) is 18.0. The van der Waals surface area contributed by atoms with Crippen molar-refractivity contribution in [1.29, 1.82) is 0 Å². The van der Waals surface area contributed by atoms with E-state index in [-0.39, 0.29) is 0 Å². The molecule has 0 spiro atoms. The van der Waals surface area contributed by atoms with Crippen molar-refractivity contribution in [3.8, 4) is 11.5 Å². The maximum atomic E-state index is 5.36. The summed E-state index contributed by atoms with van der Waals surface area (Å²) in [5.74, 6) is 1.69. The molecule has 6 heteroatoms. The zero-order valence-corrected chi connectivity index (χ0v) is 15.4. The first kappa shape index (κ1) is 17.2. The fourth-order valence-electron chi connectivity index (χ4n) is 3.10. The second kappa shape index (κ2) is 7.96. The number of hydrogen-bond acceptors (Lipinski definition) is 6. The van der Waals surface area contributed by atoms with Crippen molar-refractivity contribution in [2.75, 3.05) is 27.3 Å². The summed E-state index contributed by atoms with van der Waals surface area (Å²) in [4.78, 5) is 6.98. The Bertz CT molecular complexity index is 652. The third-order valence-electron chi connectivity index (χ3n) is 4.33. The number of likely N-dealkylation sites (tertiary alicyclic amines) is 1. The number of aromatic nitrogens is 1. The van der Waals surface area contributed by atoms with Gasteiger partial charge in [0.1, 0.15) is 11.5 Å². The molecule has 3 rings (SSSR count). The Labute approximate surface area is 147 Å². The second-order valence-electron chi connectivity index (χ2n) is 6.18. The van der Waals surface area contributed by atoms with Crippen LogP contribution in [0.3, 0.4) is 0 Å². The number of nitrogens with one attached hydrogen (secondary N) is 1. The van der Waals surface area contributed by atoms with Gasteiger partial charge in [-0.3, -0.25) is 4.90 Å². The van der Waals surface area contributed by atoms with Crippen molar-refractivity contribution < 1.29 is 9.47 Å². The van der Waals surface area contributed by atoms with E-state index in [1.165, 1.54) is 12.0 Å². The molecule has 5 nitrogen and oxygen atoms in total. The van der Waals surface area contributed by atoms with Crippen molar-refractivity contribution in [3.05, 3.63) is 39.8 Å². The summed E-state index contributed by atoms with van der Waals surface area (Å²) in [5.41, 5.74) is 2.37. The molecular weight excluding hydrogens is 322 g/mol. The fourth-order valence-corrected chi connectivity index (χ4v) is 3.71. The molecule has 0 unspecified atom stereocenters. The minimum absolute atomic E-state index is 0.527. The van der Waals surface area contributed by atoms with Crippen LogP contribution in [-0.2, 0) is 13.1 Å². The molecule has 2 heterocycles. The average molecular weight is 347 g/mol. The van der Waals surface area contributed by atoms with Crippen molar-refractivity contribution >= 4 is 11.3 Å². The van der Waals surface area contributed by atoms with Crippen LogP contribution in [0.2, 0.25) is 0 Å². The quantitative estimate of drug-likeness (QED) is 0.834. The minimum Gasteiger partial charge on any atom is -0.497 e. The summed E-state index contributed by atoms with van der Waals surface area (Å²) in [6.45, 7) is 5.99. The van der Waals surface area contributed by atoms with Crippen LogP contribution in [0.5, 0.6) is 11.5 Å². The lowest BCUT2D eigenvalue weighted by Crippen LogP contribution is -2.32. The molecule has 1 aliphatic heterocycles. The number of aryl methyl sites for hydroxylation is 1. The first-order valence-corrected chi connectivity index (χ1v) is 9.13. The lowest BCUT2D eigenvalue weighted by atomic mass is 10.2. The van der Waals surface area contributed by atoms with Gasteiger partial charge in [0.15, 0.2) is 0 Å². The molecular formula is C18H25N3O2S. The van der Waals surface area contributed by atoms with E-state index in [4.69, 9.17) is 9.47 Å². The third kappa shape index (κ3) is 4.47. The number of hydrogen-bond donors (Lipinski definition) is 1. The smallest absolute Gasteiger partial charge is 0.122 e. The van der Waals surface area contributed by atoms with Gasteiger partial charge in [-0.05, 0) is 31.0 Å². The van der Waals surface area contributed by atoms with Crippen LogP contribution in [0.25, 0.3) is 0 Å². The van der Waals surface area contributed by atoms with Crippen molar-refractivity contribution in [3.63, 3.8) is 0 Å². The molecule has 1 atom stereocenters. The Kier molecular flexibility index (Phi) is 5.71. The molecule has 1 aromatic heterocycles. The van der Waals surface area contributed by atoms with Crippen LogP contribution < -0.4 is 14.8 Å². The molecule has 1 aromatic carbocycles. The standard InChI is InChI=1S/C18H25N3O2S/c1-13-20-16(12-24-13)9-19-15-4-5-21(11-15)10-14-6-17(22-2)8-18(7-14)23-3/h6-8,12,15,19H,4-5,9-11H2,1-3H3/t15-/m1/s1. The zero-order chi connectivity index (χ0) is 16.9. The maximum absolute atomic E-state index is 5.36. The predicted molar refractivity (Wildman–Crippen MR) is 96.9 cm³/mol. The molecule has 1 fully saturated rings. The first-order valence-electron chi connectivity index (χ1n) is 8.25. The van der Waals surface area contributed by atoms with Crippen LogP contribution in [-0.4, -0.2) is 43.2 Å². The van der Waals surface area contributed by atoms with E-state index in [1.807, 2.05) is 13.0 Å². The summed E-state index contributed by atoms with van der Waals surface area (Å²) in [7, 11) is 3.38. The Hall–Kier alpha value is -1.63. The fraction of sp³-hybridized carbons (Fsp3) is 0.500. The molecule has 1 aliphatic rings. The Balaban J connectivity index is 1.52. The first-order chi connectivity index (χ1) is 11.7. The highest BCUT2D eigenvalue weighted by Gasteiger charge is 2.22. The predicted octanol–water partition coefficient (Wildman–Crippen LogP) is 2.83. The van der Waals surface area contributed by atoms with Gasteiger partial charge in [0.25, 0.3) is 0 Å². The molecule has 1 N–H and O–H groups in total. The number of nitrogens with zero attached hydrogens (tertiary/aromatic N) is 2. The van der Waals surface area contributed by atoms with Gasteiger partial charge in [0.2, 0.25) is 0 Å². The second-order valence-corrected chi connectivity index (χ2v) is 7.24. The molecule has 0 saturated carbocycles. The van der Waals surface area contributed by atoms with Gasteiger partial charge in [-0.15, -0.1) is 11.3 Å².